The molecule has 8 nitrogen and oxygen atoms in total. The van der Waals surface area contributed by atoms with E-state index in [1.54, 1.807) is 13.3 Å². The van der Waals surface area contributed by atoms with Gasteiger partial charge in [0.25, 0.3) is 0 Å². The van der Waals surface area contributed by atoms with Gasteiger partial charge in [-0.1, -0.05) is 0 Å². The topological polar surface area (TPSA) is 101 Å². The Labute approximate surface area is 174 Å². The van der Waals surface area contributed by atoms with Gasteiger partial charge in [-0.25, -0.2) is 4.98 Å². The number of rotatable bonds is 5. The zero-order valence-corrected chi connectivity index (χ0v) is 17.1. The number of H-pyrrole nitrogens is 1. The fourth-order valence-electron chi connectivity index (χ4n) is 4.21. The Hall–Kier alpha value is -3.26. The number of nitrogens with one attached hydrogen (secondary N) is 3. The molecule has 30 heavy (non-hydrogen) atoms. The van der Waals surface area contributed by atoms with Crippen LogP contribution in [0.25, 0.3) is 33.3 Å². The lowest BCUT2D eigenvalue weighted by Crippen LogP contribution is -2.29. The fraction of sp³-hybridized carbons (Fsp3) is 0.364. The van der Waals surface area contributed by atoms with Crippen LogP contribution in [0.5, 0.6) is 0 Å². The third-order valence-electron chi connectivity index (χ3n) is 5.84. The summed E-state index contributed by atoms with van der Waals surface area (Å²) in [5.74, 6) is 1.41. The molecule has 1 aliphatic carbocycles. The molecule has 0 amide bonds. The third kappa shape index (κ3) is 3.43. The monoisotopic (exact) mass is 403 g/mol. The van der Waals surface area contributed by atoms with Crippen LogP contribution in [-0.4, -0.2) is 51.2 Å². The average molecular weight is 403 g/mol. The first-order chi connectivity index (χ1) is 14.7. The molecule has 3 N–H and O–H groups in total. The molecule has 0 radical (unpaired) electrons. The van der Waals surface area contributed by atoms with Crippen molar-refractivity contribution in [2.45, 2.75) is 37.8 Å². The lowest BCUT2D eigenvalue weighted by atomic mass is 9.93. The molecule has 4 heterocycles. The maximum absolute atomic E-state index is 5.47. The summed E-state index contributed by atoms with van der Waals surface area (Å²) in [7, 11) is 3.67. The molecule has 1 aliphatic rings. The Bertz CT molecular complexity index is 1180. The summed E-state index contributed by atoms with van der Waals surface area (Å²) in [5, 5.41) is 7.66. The SMILES string of the molecule is CNc1nc(NC2CCC(OC)CC2)nc2[nH]cc(-c3ccc4ncccc4n3)c12. The second kappa shape index (κ2) is 7.87. The standard InChI is InChI=1S/C22H25N7O/c1-23-20-19-15(16-9-10-17-18(27-16)4-3-11-24-17)12-25-21(19)29-22(28-20)26-13-5-7-14(30-2)8-6-13/h3-4,9-14H,5-8H2,1-2H3,(H3,23,25,26,28,29). The van der Waals surface area contributed by atoms with Crippen LogP contribution in [0.1, 0.15) is 25.7 Å². The van der Waals surface area contributed by atoms with E-state index in [1.807, 2.05) is 37.5 Å². The van der Waals surface area contributed by atoms with Crippen LogP contribution in [0, 0.1) is 0 Å². The van der Waals surface area contributed by atoms with Gasteiger partial charge in [0, 0.05) is 38.2 Å². The summed E-state index contributed by atoms with van der Waals surface area (Å²) >= 11 is 0. The minimum atomic E-state index is 0.364. The summed E-state index contributed by atoms with van der Waals surface area (Å²) in [5.41, 5.74) is 4.35. The van der Waals surface area contributed by atoms with Crippen molar-refractivity contribution in [1.82, 2.24) is 24.9 Å². The van der Waals surface area contributed by atoms with Gasteiger partial charge in [-0.15, -0.1) is 0 Å². The Balaban J connectivity index is 1.48. The molecular weight excluding hydrogens is 378 g/mol. The number of aromatic amines is 1. The molecule has 0 spiro atoms. The van der Waals surface area contributed by atoms with Gasteiger partial charge in [-0.3, -0.25) is 4.98 Å². The van der Waals surface area contributed by atoms with Crippen molar-refractivity contribution in [1.29, 1.82) is 0 Å². The van der Waals surface area contributed by atoms with Gasteiger partial charge >= 0.3 is 0 Å². The number of hydrogen-bond donors (Lipinski definition) is 3. The number of anilines is 2. The van der Waals surface area contributed by atoms with Crippen LogP contribution in [-0.2, 0) is 4.74 Å². The molecule has 0 aromatic carbocycles. The number of nitrogens with zero attached hydrogens (tertiary/aromatic N) is 4. The van der Waals surface area contributed by atoms with E-state index in [0.717, 1.165) is 64.8 Å². The number of pyridine rings is 2. The van der Waals surface area contributed by atoms with Gasteiger partial charge in [-0.05, 0) is 49.9 Å². The lowest BCUT2D eigenvalue weighted by molar-refractivity contribution is 0.0681. The van der Waals surface area contributed by atoms with E-state index in [9.17, 15) is 0 Å². The largest absolute Gasteiger partial charge is 0.381 e. The van der Waals surface area contributed by atoms with E-state index in [2.05, 4.69) is 20.6 Å². The van der Waals surface area contributed by atoms with Crippen molar-refractivity contribution in [2.75, 3.05) is 24.8 Å². The van der Waals surface area contributed by atoms with Crippen LogP contribution in [0.2, 0.25) is 0 Å². The normalized spacial score (nSPS) is 19.3. The predicted octanol–water partition coefficient (Wildman–Crippen LogP) is 3.98. The number of fused-ring (bicyclic) bond motifs is 2. The van der Waals surface area contributed by atoms with Gasteiger partial charge in [0.05, 0.1) is 28.2 Å². The van der Waals surface area contributed by atoms with Gasteiger partial charge in [-0.2, -0.15) is 9.97 Å². The molecule has 0 bridgehead atoms. The first-order valence-electron chi connectivity index (χ1n) is 10.3. The van der Waals surface area contributed by atoms with E-state index >= 15 is 0 Å². The van der Waals surface area contributed by atoms with Crippen LogP contribution in [0.3, 0.4) is 0 Å². The summed E-state index contributed by atoms with van der Waals surface area (Å²) in [6.45, 7) is 0. The Morgan fingerprint density at radius 3 is 2.70 bits per heavy atom. The molecule has 4 aromatic heterocycles. The first kappa shape index (κ1) is 18.7. The van der Waals surface area contributed by atoms with Crippen molar-refractivity contribution >= 4 is 33.8 Å². The third-order valence-corrected chi connectivity index (χ3v) is 5.84. The second-order valence-corrected chi connectivity index (χ2v) is 7.66. The summed E-state index contributed by atoms with van der Waals surface area (Å²) < 4.78 is 5.47. The second-order valence-electron chi connectivity index (χ2n) is 7.66. The minimum absolute atomic E-state index is 0.364. The van der Waals surface area contributed by atoms with E-state index in [-0.39, 0.29) is 0 Å². The van der Waals surface area contributed by atoms with E-state index in [0.29, 0.717) is 18.1 Å². The van der Waals surface area contributed by atoms with Gasteiger partial charge in [0.2, 0.25) is 5.95 Å². The van der Waals surface area contributed by atoms with Crippen molar-refractivity contribution in [3.63, 3.8) is 0 Å². The van der Waals surface area contributed by atoms with E-state index in [1.165, 1.54) is 0 Å². The molecule has 8 heteroatoms. The summed E-state index contributed by atoms with van der Waals surface area (Å²) in [6, 6.07) is 8.20. The summed E-state index contributed by atoms with van der Waals surface area (Å²) in [4.78, 5) is 21.9. The summed E-state index contributed by atoms with van der Waals surface area (Å²) in [6.07, 6.45) is 8.32. The van der Waals surface area contributed by atoms with Crippen LogP contribution >= 0.6 is 0 Å². The highest BCUT2D eigenvalue weighted by Crippen LogP contribution is 2.33. The molecule has 5 rings (SSSR count). The number of methoxy groups -OCH3 is 1. The van der Waals surface area contributed by atoms with Crippen molar-refractivity contribution in [3.05, 3.63) is 36.7 Å². The highest BCUT2D eigenvalue weighted by atomic mass is 16.5. The van der Waals surface area contributed by atoms with E-state index in [4.69, 9.17) is 19.7 Å². The zero-order valence-electron chi connectivity index (χ0n) is 17.1. The molecule has 154 valence electrons. The Morgan fingerprint density at radius 2 is 1.90 bits per heavy atom. The smallest absolute Gasteiger partial charge is 0.226 e. The van der Waals surface area contributed by atoms with Gasteiger partial charge < -0.3 is 20.4 Å². The van der Waals surface area contributed by atoms with Gasteiger partial charge in [0.15, 0.2) is 0 Å². The van der Waals surface area contributed by atoms with Crippen LogP contribution in [0.4, 0.5) is 11.8 Å². The average Bonchev–Trinajstić information content (AvgIpc) is 3.23. The fourth-order valence-corrected chi connectivity index (χ4v) is 4.21. The zero-order chi connectivity index (χ0) is 20.5. The molecule has 1 fully saturated rings. The highest BCUT2D eigenvalue weighted by molar-refractivity contribution is 6.01. The molecule has 1 saturated carbocycles. The molecule has 0 aliphatic heterocycles. The molecular formula is C22H25N7O. The number of ether oxygens (including phenoxy) is 1. The lowest BCUT2D eigenvalue weighted by Gasteiger charge is -2.28. The molecule has 0 atom stereocenters. The minimum Gasteiger partial charge on any atom is -0.381 e. The maximum atomic E-state index is 5.47. The van der Waals surface area contributed by atoms with Crippen molar-refractivity contribution in [3.8, 4) is 11.3 Å². The molecule has 4 aromatic rings. The maximum Gasteiger partial charge on any atom is 0.226 e. The quantitative estimate of drug-likeness (QED) is 0.463. The van der Waals surface area contributed by atoms with Crippen molar-refractivity contribution in [2.24, 2.45) is 0 Å². The first-order valence-corrected chi connectivity index (χ1v) is 10.3. The van der Waals surface area contributed by atoms with E-state index < -0.39 is 0 Å². The van der Waals surface area contributed by atoms with Crippen LogP contribution < -0.4 is 10.6 Å². The Morgan fingerprint density at radius 1 is 1.03 bits per heavy atom. The Kier molecular flexibility index (Phi) is 4.92. The number of aromatic nitrogens is 5. The predicted molar refractivity (Wildman–Crippen MR) is 119 cm³/mol. The molecule has 0 saturated heterocycles. The van der Waals surface area contributed by atoms with Gasteiger partial charge in [0.1, 0.15) is 11.5 Å². The van der Waals surface area contributed by atoms with Crippen molar-refractivity contribution < 1.29 is 4.74 Å². The highest BCUT2D eigenvalue weighted by Gasteiger charge is 2.22. The molecule has 0 unspecified atom stereocenters. The van der Waals surface area contributed by atoms with Crippen LogP contribution in [0.15, 0.2) is 36.7 Å². The number of hydrogen-bond acceptors (Lipinski definition) is 7.